The van der Waals surface area contributed by atoms with E-state index in [2.05, 4.69) is 50.9 Å². The molecule has 0 saturated carbocycles. The number of halogens is 1. The van der Waals surface area contributed by atoms with Crippen molar-refractivity contribution in [3.05, 3.63) is 51.9 Å². The number of aromatic nitrogens is 3. The Bertz CT molecular complexity index is 705. The number of fused-ring (bicyclic) bond motifs is 1. The second-order valence-corrected chi connectivity index (χ2v) is 5.23. The molecule has 0 aliphatic rings. The molecule has 0 saturated heterocycles. The van der Waals surface area contributed by atoms with Gasteiger partial charge in [-0.15, -0.1) is 0 Å². The van der Waals surface area contributed by atoms with Gasteiger partial charge in [-0.05, 0) is 46.4 Å². The number of rotatable bonds is 2. The van der Waals surface area contributed by atoms with Gasteiger partial charge in [0.2, 0.25) is 0 Å². The fraction of sp³-hybridized carbons (Fsp3) is 0.0769. The number of nitrogens with zero attached hydrogens (tertiary/aromatic N) is 3. The van der Waals surface area contributed by atoms with Gasteiger partial charge in [-0.1, -0.05) is 12.1 Å². The van der Waals surface area contributed by atoms with Gasteiger partial charge in [0.1, 0.15) is 5.82 Å². The minimum atomic E-state index is 0.680. The lowest BCUT2D eigenvalue weighted by molar-refractivity contribution is 0.697. The lowest BCUT2D eigenvalue weighted by Gasteiger charge is -2.05. The van der Waals surface area contributed by atoms with E-state index in [1.54, 1.807) is 17.1 Å². The zero-order valence-corrected chi connectivity index (χ0v) is 11.7. The first-order valence-electron chi connectivity index (χ1n) is 5.54. The first-order chi connectivity index (χ1) is 8.74. The van der Waals surface area contributed by atoms with Crippen LogP contribution in [0.2, 0.25) is 0 Å². The van der Waals surface area contributed by atoms with Crippen LogP contribution in [0.5, 0.6) is 0 Å². The lowest BCUT2D eigenvalue weighted by atomic mass is 10.1. The van der Waals surface area contributed by atoms with Crippen LogP contribution in [0.15, 0.2) is 42.7 Å². The maximum atomic E-state index is 5.94. The van der Waals surface area contributed by atoms with Crippen LogP contribution in [-0.4, -0.2) is 14.8 Å². The summed E-state index contributed by atoms with van der Waals surface area (Å²) in [6.45, 7) is 0.680. The molecule has 0 radical (unpaired) electrons. The van der Waals surface area contributed by atoms with Crippen LogP contribution < -0.4 is 5.73 Å². The predicted molar refractivity (Wildman–Crippen MR) is 80.2 cm³/mol. The summed E-state index contributed by atoms with van der Waals surface area (Å²) in [4.78, 5) is 4.30. The molecule has 0 fully saturated rings. The summed E-state index contributed by atoms with van der Waals surface area (Å²) in [6, 6.07) is 10.2. The zero-order chi connectivity index (χ0) is 12.5. The molecule has 0 bridgehead atoms. The van der Waals surface area contributed by atoms with Crippen LogP contribution in [-0.2, 0) is 6.54 Å². The Kier molecular flexibility index (Phi) is 2.91. The molecule has 0 spiro atoms. The number of benzene rings is 1. The fourth-order valence-electron chi connectivity index (χ4n) is 1.89. The number of nitrogen functional groups attached to an aromatic ring is 1. The monoisotopic (exact) mass is 350 g/mol. The fourth-order valence-corrected chi connectivity index (χ4v) is 2.30. The molecule has 0 atom stereocenters. The second kappa shape index (κ2) is 4.56. The summed E-state index contributed by atoms with van der Waals surface area (Å²) in [5.41, 5.74) is 8.12. The molecule has 0 amide bonds. The van der Waals surface area contributed by atoms with Gasteiger partial charge in [0.15, 0.2) is 0 Å². The van der Waals surface area contributed by atoms with Gasteiger partial charge in [-0.25, -0.2) is 4.68 Å². The molecule has 18 heavy (non-hydrogen) atoms. The van der Waals surface area contributed by atoms with Crippen molar-refractivity contribution >= 4 is 39.3 Å². The summed E-state index contributed by atoms with van der Waals surface area (Å²) in [7, 11) is 0. The Balaban J connectivity index is 1.98. The van der Waals surface area contributed by atoms with Crippen molar-refractivity contribution in [2.75, 3.05) is 5.73 Å². The maximum absolute atomic E-state index is 5.94. The Morgan fingerprint density at radius 1 is 1.28 bits per heavy atom. The molecule has 5 heteroatoms. The van der Waals surface area contributed by atoms with E-state index in [0.29, 0.717) is 12.4 Å². The first-order valence-corrected chi connectivity index (χ1v) is 6.62. The molecule has 0 aliphatic heterocycles. The van der Waals surface area contributed by atoms with Gasteiger partial charge in [0, 0.05) is 11.6 Å². The molecule has 2 heterocycles. The summed E-state index contributed by atoms with van der Waals surface area (Å²) in [6.07, 6.45) is 3.58. The molecule has 3 aromatic rings. The van der Waals surface area contributed by atoms with Crippen LogP contribution in [0, 0.1) is 3.57 Å². The molecule has 1 aromatic carbocycles. The van der Waals surface area contributed by atoms with Crippen molar-refractivity contribution in [3.63, 3.8) is 0 Å². The molecular weight excluding hydrogens is 339 g/mol. The van der Waals surface area contributed by atoms with Crippen molar-refractivity contribution < 1.29 is 0 Å². The molecule has 2 aromatic heterocycles. The number of hydrogen-bond acceptors (Lipinski definition) is 3. The summed E-state index contributed by atoms with van der Waals surface area (Å²) < 4.78 is 2.79. The largest absolute Gasteiger partial charge is 0.383 e. The Hall–Kier alpha value is -1.63. The SMILES string of the molecule is Nc1c(I)cnn1Cc1ccc2ncccc2c1. The third kappa shape index (κ3) is 2.05. The van der Waals surface area contributed by atoms with Crippen molar-refractivity contribution in [1.29, 1.82) is 0 Å². The van der Waals surface area contributed by atoms with Crippen molar-refractivity contribution in [2.24, 2.45) is 0 Å². The van der Waals surface area contributed by atoms with Gasteiger partial charge < -0.3 is 5.73 Å². The third-order valence-electron chi connectivity index (χ3n) is 2.83. The molecule has 90 valence electrons. The smallest absolute Gasteiger partial charge is 0.135 e. The number of anilines is 1. The minimum Gasteiger partial charge on any atom is -0.383 e. The van der Waals surface area contributed by atoms with E-state index < -0.39 is 0 Å². The number of hydrogen-bond donors (Lipinski definition) is 1. The van der Waals surface area contributed by atoms with Crippen LogP contribution >= 0.6 is 22.6 Å². The Morgan fingerprint density at radius 3 is 2.94 bits per heavy atom. The van der Waals surface area contributed by atoms with E-state index in [1.807, 2.05) is 12.1 Å². The standard InChI is InChI=1S/C13H11IN4/c14-11-7-17-18(13(11)15)8-9-3-4-12-10(6-9)2-1-5-16-12/h1-7H,8,15H2. The van der Waals surface area contributed by atoms with Gasteiger partial charge in [-0.3, -0.25) is 4.98 Å². The van der Waals surface area contributed by atoms with Gasteiger partial charge in [0.25, 0.3) is 0 Å². The van der Waals surface area contributed by atoms with Crippen LogP contribution in [0.1, 0.15) is 5.56 Å². The average Bonchev–Trinajstić information content (AvgIpc) is 2.71. The van der Waals surface area contributed by atoms with E-state index in [1.165, 1.54) is 5.56 Å². The highest BCUT2D eigenvalue weighted by Gasteiger charge is 2.05. The molecule has 4 nitrogen and oxygen atoms in total. The van der Waals surface area contributed by atoms with Crippen molar-refractivity contribution in [2.45, 2.75) is 6.54 Å². The quantitative estimate of drug-likeness (QED) is 0.723. The van der Waals surface area contributed by atoms with Gasteiger partial charge in [-0.2, -0.15) is 5.10 Å². The predicted octanol–water partition coefficient (Wildman–Crippen LogP) is 2.67. The second-order valence-electron chi connectivity index (χ2n) is 4.07. The minimum absolute atomic E-state index is 0.680. The van der Waals surface area contributed by atoms with Gasteiger partial charge in [0.05, 0.1) is 21.8 Å². The molecule has 3 rings (SSSR count). The number of nitrogens with two attached hydrogens (primary N) is 1. The van der Waals surface area contributed by atoms with Crippen LogP contribution in [0.25, 0.3) is 10.9 Å². The zero-order valence-electron chi connectivity index (χ0n) is 9.55. The van der Waals surface area contributed by atoms with E-state index in [4.69, 9.17) is 5.73 Å². The molecule has 0 aliphatic carbocycles. The average molecular weight is 350 g/mol. The highest BCUT2D eigenvalue weighted by Crippen LogP contribution is 2.17. The summed E-state index contributed by atoms with van der Waals surface area (Å²) in [5, 5.41) is 5.39. The normalized spacial score (nSPS) is 10.9. The summed E-state index contributed by atoms with van der Waals surface area (Å²) in [5.74, 6) is 0.710. The van der Waals surface area contributed by atoms with E-state index in [9.17, 15) is 0 Å². The highest BCUT2D eigenvalue weighted by atomic mass is 127. The van der Waals surface area contributed by atoms with Crippen LogP contribution in [0.4, 0.5) is 5.82 Å². The molecule has 2 N–H and O–H groups in total. The highest BCUT2D eigenvalue weighted by molar-refractivity contribution is 14.1. The van der Waals surface area contributed by atoms with E-state index in [-0.39, 0.29) is 0 Å². The number of pyridine rings is 1. The van der Waals surface area contributed by atoms with E-state index in [0.717, 1.165) is 14.5 Å². The first kappa shape index (κ1) is 11.5. The maximum Gasteiger partial charge on any atom is 0.135 e. The van der Waals surface area contributed by atoms with Gasteiger partial charge >= 0.3 is 0 Å². The Labute approximate surface area is 118 Å². The van der Waals surface area contributed by atoms with Crippen LogP contribution in [0.3, 0.4) is 0 Å². The van der Waals surface area contributed by atoms with E-state index >= 15 is 0 Å². The topological polar surface area (TPSA) is 56.7 Å². The van der Waals surface area contributed by atoms with Crippen molar-refractivity contribution in [1.82, 2.24) is 14.8 Å². The molecule has 0 unspecified atom stereocenters. The summed E-state index contributed by atoms with van der Waals surface area (Å²) >= 11 is 2.18. The lowest BCUT2D eigenvalue weighted by Crippen LogP contribution is -2.06. The molecular formula is C13H11IN4. The third-order valence-corrected chi connectivity index (χ3v) is 3.66. The Morgan fingerprint density at radius 2 is 2.17 bits per heavy atom. The van der Waals surface area contributed by atoms with Crippen molar-refractivity contribution in [3.8, 4) is 0 Å².